The molecule has 0 saturated heterocycles. The Morgan fingerprint density at radius 2 is 2.10 bits per heavy atom. The van der Waals surface area contributed by atoms with Crippen molar-refractivity contribution in [3.63, 3.8) is 0 Å². The number of aromatic amines is 1. The van der Waals surface area contributed by atoms with Gasteiger partial charge in [0.25, 0.3) is 0 Å². The van der Waals surface area contributed by atoms with E-state index in [2.05, 4.69) is 48.7 Å². The summed E-state index contributed by atoms with van der Waals surface area (Å²) in [5, 5.41) is 0. The molecule has 1 aromatic heterocycles. The summed E-state index contributed by atoms with van der Waals surface area (Å²) in [5.74, 6) is 0.894. The highest BCUT2D eigenvalue weighted by Gasteiger charge is 2.13. The topological polar surface area (TPSA) is 31.9 Å². The SMILES string of the molecule is C=CN1C=C(C)C=C/C1=C(/C)c1nc2ccccc2[nH]1. The third-order valence-electron chi connectivity index (χ3n) is 3.45. The zero-order valence-electron chi connectivity index (χ0n) is 11.7. The number of allylic oxidation sites excluding steroid dienone is 4. The molecule has 1 aliphatic heterocycles. The van der Waals surface area contributed by atoms with Crippen molar-refractivity contribution in [2.75, 3.05) is 0 Å². The highest BCUT2D eigenvalue weighted by Crippen LogP contribution is 2.26. The molecule has 0 unspecified atom stereocenters. The predicted molar refractivity (Wildman–Crippen MR) is 83.6 cm³/mol. The van der Waals surface area contributed by atoms with Crippen molar-refractivity contribution in [3.05, 3.63) is 72.5 Å². The first-order chi connectivity index (χ1) is 9.69. The first kappa shape index (κ1) is 12.5. The number of hydrogen-bond donors (Lipinski definition) is 1. The van der Waals surface area contributed by atoms with Crippen molar-refractivity contribution in [3.8, 4) is 0 Å². The zero-order chi connectivity index (χ0) is 14.1. The van der Waals surface area contributed by atoms with E-state index in [0.717, 1.165) is 28.1 Å². The molecule has 2 heterocycles. The zero-order valence-corrected chi connectivity index (χ0v) is 11.7. The van der Waals surface area contributed by atoms with Crippen LogP contribution in [0.3, 0.4) is 0 Å². The van der Waals surface area contributed by atoms with E-state index >= 15 is 0 Å². The summed E-state index contributed by atoms with van der Waals surface area (Å²) in [6.07, 6.45) is 8.07. The third-order valence-corrected chi connectivity index (χ3v) is 3.45. The number of hydrogen-bond acceptors (Lipinski definition) is 2. The number of benzene rings is 1. The molecule has 2 aromatic rings. The van der Waals surface area contributed by atoms with Crippen LogP contribution in [0.5, 0.6) is 0 Å². The normalized spacial score (nSPS) is 17.3. The van der Waals surface area contributed by atoms with Crippen LogP contribution in [0.4, 0.5) is 0 Å². The summed E-state index contributed by atoms with van der Waals surface area (Å²) >= 11 is 0. The molecule has 20 heavy (non-hydrogen) atoms. The molecule has 0 aliphatic carbocycles. The number of fused-ring (bicyclic) bond motifs is 1. The van der Waals surface area contributed by atoms with Crippen molar-refractivity contribution < 1.29 is 0 Å². The molecule has 3 rings (SSSR count). The summed E-state index contributed by atoms with van der Waals surface area (Å²) in [6.45, 7) is 8.01. The molecule has 0 bridgehead atoms. The molecule has 0 fully saturated rings. The molecule has 100 valence electrons. The van der Waals surface area contributed by atoms with E-state index in [1.54, 1.807) is 0 Å². The smallest absolute Gasteiger partial charge is 0.136 e. The van der Waals surface area contributed by atoms with Gasteiger partial charge >= 0.3 is 0 Å². The number of rotatable bonds is 2. The lowest BCUT2D eigenvalue weighted by Gasteiger charge is -2.22. The molecule has 3 heteroatoms. The number of aromatic nitrogens is 2. The minimum absolute atomic E-state index is 0.894. The van der Waals surface area contributed by atoms with Gasteiger partial charge in [-0.1, -0.05) is 24.8 Å². The van der Waals surface area contributed by atoms with E-state index in [1.165, 1.54) is 5.57 Å². The fraction of sp³-hybridized carbons (Fsp3) is 0.118. The van der Waals surface area contributed by atoms with Gasteiger partial charge in [-0.3, -0.25) is 0 Å². The van der Waals surface area contributed by atoms with Gasteiger partial charge in [0.15, 0.2) is 0 Å². The van der Waals surface area contributed by atoms with Gasteiger partial charge in [0, 0.05) is 18.0 Å². The first-order valence-corrected chi connectivity index (χ1v) is 6.62. The van der Waals surface area contributed by atoms with Crippen LogP contribution >= 0.6 is 0 Å². The van der Waals surface area contributed by atoms with Crippen LogP contribution in [-0.2, 0) is 0 Å². The van der Waals surface area contributed by atoms with E-state index in [-0.39, 0.29) is 0 Å². The molecule has 1 aliphatic rings. The number of H-pyrrole nitrogens is 1. The molecule has 0 radical (unpaired) electrons. The van der Waals surface area contributed by atoms with Crippen molar-refractivity contribution >= 4 is 16.6 Å². The maximum absolute atomic E-state index is 4.65. The second-order valence-electron chi connectivity index (χ2n) is 4.91. The number of nitrogens with one attached hydrogen (secondary N) is 1. The fourth-order valence-electron chi connectivity index (χ4n) is 2.35. The Morgan fingerprint density at radius 1 is 1.30 bits per heavy atom. The molecule has 1 N–H and O–H groups in total. The maximum atomic E-state index is 4.65. The van der Waals surface area contributed by atoms with Crippen molar-refractivity contribution in [1.82, 2.24) is 14.9 Å². The minimum Gasteiger partial charge on any atom is -0.338 e. The third kappa shape index (κ3) is 2.07. The van der Waals surface area contributed by atoms with Crippen molar-refractivity contribution in [2.24, 2.45) is 0 Å². The summed E-state index contributed by atoms with van der Waals surface area (Å²) in [6, 6.07) is 8.06. The Labute approximate surface area is 118 Å². The van der Waals surface area contributed by atoms with Gasteiger partial charge in [0.1, 0.15) is 5.82 Å². The largest absolute Gasteiger partial charge is 0.338 e. The van der Waals surface area contributed by atoms with Gasteiger partial charge in [0.05, 0.1) is 16.7 Å². The summed E-state index contributed by atoms with van der Waals surface area (Å²) in [4.78, 5) is 10.0. The quantitative estimate of drug-likeness (QED) is 0.880. The van der Waals surface area contributed by atoms with Gasteiger partial charge in [-0.2, -0.15) is 0 Å². The molecule has 0 amide bonds. The second-order valence-corrected chi connectivity index (χ2v) is 4.91. The fourth-order valence-corrected chi connectivity index (χ4v) is 2.35. The van der Waals surface area contributed by atoms with E-state index in [0.29, 0.717) is 0 Å². The summed E-state index contributed by atoms with van der Waals surface area (Å²) in [5.41, 5.74) is 5.43. The Bertz CT molecular complexity index is 726. The molecular weight excluding hydrogens is 246 g/mol. The number of para-hydroxylation sites is 2. The van der Waals surface area contributed by atoms with Crippen LogP contribution in [0.1, 0.15) is 19.7 Å². The molecule has 3 nitrogen and oxygen atoms in total. The summed E-state index contributed by atoms with van der Waals surface area (Å²) < 4.78 is 0. The van der Waals surface area contributed by atoms with Crippen LogP contribution in [0.25, 0.3) is 16.6 Å². The minimum atomic E-state index is 0.894. The summed E-state index contributed by atoms with van der Waals surface area (Å²) in [7, 11) is 0. The average Bonchev–Trinajstić information content (AvgIpc) is 2.90. The van der Waals surface area contributed by atoms with Crippen molar-refractivity contribution in [2.45, 2.75) is 13.8 Å². The van der Waals surface area contributed by atoms with Gasteiger partial charge in [-0.05, 0) is 37.6 Å². The van der Waals surface area contributed by atoms with Crippen LogP contribution in [0.15, 0.2) is 66.7 Å². The van der Waals surface area contributed by atoms with Gasteiger partial charge in [0.2, 0.25) is 0 Å². The molecule has 0 spiro atoms. The van der Waals surface area contributed by atoms with Gasteiger partial charge < -0.3 is 9.88 Å². The van der Waals surface area contributed by atoms with Crippen molar-refractivity contribution in [1.29, 1.82) is 0 Å². The Hall–Kier alpha value is -2.55. The Kier molecular flexibility index (Phi) is 3.03. The van der Waals surface area contributed by atoms with Crippen LogP contribution in [-0.4, -0.2) is 14.9 Å². The highest BCUT2D eigenvalue weighted by molar-refractivity contribution is 5.79. The highest BCUT2D eigenvalue weighted by atomic mass is 15.1. The lowest BCUT2D eigenvalue weighted by molar-refractivity contribution is 0.642. The Morgan fingerprint density at radius 3 is 2.85 bits per heavy atom. The monoisotopic (exact) mass is 263 g/mol. The van der Waals surface area contributed by atoms with Crippen LogP contribution in [0.2, 0.25) is 0 Å². The van der Waals surface area contributed by atoms with Gasteiger partial charge in [-0.15, -0.1) is 0 Å². The molecule has 0 atom stereocenters. The van der Waals surface area contributed by atoms with Gasteiger partial charge in [-0.25, -0.2) is 4.98 Å². The maximum Gasteiger partial charge on any atom is 0.136 e. The molecule has 1 aromatic carbocycles. The van der Waals surface area contributed by atoms with Crippen LogP contribution in [0, 0.1) is 0 Å². The molecule has 0 saturated carbocycles. The first-order valence-electron chi connectivity index (χ1n) is 6.62. The lowest BCUT2D eigenvalue weighted by atomic mass is 10.1. The molecular formula is C17H17N3. The average molecular weight is 263 g/mol. The second kappa shape index (κ2) is 4.85. The predicted octanol–water partition coefficient (Wildman–Crippen LogP) is 4.21. The van der Waals surface area contributed by atoms with E-state index in [1.807, 2.05) is 35.4 Å². The van der Waals surface area contributed by atoms with Crippen LogP contribution < -0.4 is 0 Å². The van der Waals surface area contributed by atoms with E-state index in [4.69, 9.17) is 0 Å². The number of imidazole rings is 1. The number of nitrogens with zero attached hydrogens (tertiary/aromatic N) is 2. The Balaban J connectivity index is 2.10. The van der Waals surface area contributed by atoms with E-state index in [9.17, 15) is 0 Å². The standard InChI is InChI=1S/C17H17N3/c1-4-20-11-12(2)9-10-16(20)13(3)17-18-14-7-5-6-8-15(14)19-17/h4-11H,1H2,2-3H3,(H,18,19)/b16-13+. The lowest BCUT2D eigenvalue weighted by Crippen LogP contribution is -2.12. The van der Waals surface area contributed by atoms with E-state index < -0.39 is 0 Å².